The summed E-state index contributed by atoms with van der Waals surface area (Å²) < 4.78 is 4.60. The summed E-state index contributed by atoms with van der Waals surface area (Å²) in [5, 5.41) is 0. The van der Waals surface area contributed by atoms with Crippen LogP contribution in [-0.4, -0.2) is 41.6 Å². The zero-order valence-electron chi connectivity index (χ0n) is 9.89. The van der Waals surface area contributed by atoms with E-state index in [-0.39, 0.29) is 37.3 Å². The van der Waals surface area contributed by atoms with Gasteiger partial charge in [-0.05, 0) is 6.92 Å². The molecular formula is C11H15NO5. The smallest absolute Gasteiger partial charge is 0.313 e. The van der Waals surface area contributed by atoms with Crippen molar-refractivity contribution in [1.82, 2.24) is 4.90 Å². The van der Waals surface area contributed by atoms with Crippen molar-refractivity contribution < 1.29 is 23.9 Å². The molecule has 0 N–H and O–H groups in total. The van der Waals surface area contributed by atoms with Crippen LogP contribution in [0.3, 0.4) is 0 Å². The lowest BCUT2D eigenvalue weighted by Crippen LogP contribution is -2.36. The van der Waals surface area contributed by atoms with Crippen molar-refractivity contribution in [2.75, 3.05) is 13.2 Å². The Balaban J connectivity index is 2.49. The van der Waals surface area contributed by atoms with Gasteiger partial charge in [0.2, 0.25) is 11.8 Å². The maximum atomic E-state index is 11.5. The van der Waals surface area contributed by atoms with Gasteiger partial charge in [0.25, 0.3) is 0 Å². The average molecular weight is 241 g/mol. The largest absolute Gasteiger partial charge is 0.466 e. The Morgan fingerprint density at radius 3 is 2.53 bits per heavy atom. The minimum absolute atomic E-state index is 0.130. The molecule has 1 aliphatic rings. The van der Waals surface area contributed by atoms with E-state index >= 15 is 0 Å². The van der Waals surface area contributed by atoms with E-state index in [4.69, 9.17) is 0 Å². The minimum atomic E-state index is -0.635. The molecule has 1 fully saturated rings. The molecule has 0 bridgehead atoms. The summed E-state index contributed by atoms with van der Waals surface area (Å²) in [7, 11) is 0. The van der Waals surface area contributed by atoms with Crippen LogP contribution in [-0.2, 0) is 23.9 Å². The van der Waals surface area contributed by atoms with Crippen LogP contribution in [0.5, 0.6) is 0 Å². The number of ketones is 1. The van der Waals surface area contributed by atoms with Crippen molar-refractivity contribution in [3.8, 4) is 0 Å². The number of rotatable bonds is 5. The number of carbonyl (C=O) groups is 4. The van der Waals surface area contributed by atoms with E-state index in [0.29, 0.717) is 0 Å². The topological polar surface area (TPSA) is 80.8 Å². The van der Waals surface area contributed by atoms with Gasteiger partial charge in [-0.15, -0.1) is 0 Å². The molecule has 6 heteroatoms. The molecule has 2 amide bonds. The third kappa shape index (κ3) is 3.37. The van der Waals surface area contributed by atoms with E-state index in [1.165, 1.54) is 0 Å². The Bertz CT molecular complexity index is 363. The minimum Gasteiger partial charge on any atom is -0.466 e. The third-order valence-corrected chi connectivity index (χ3v) is 2.45. The van der Waals surface area contributed by atoms with Crippen LogP contribution in [0.2, 0.25) is 0 Å². The van der Waals surface area contributed by atoms with Gasteiger partial charge < -0.3 is 4.74 Å². The van der Waals surface area contributed by atoms with Crippen molar-refractivity contribution in [3.05, 3.63) is 0 Å². The molecule has 0 aliphatic carbocycles. The number of hydrogen-bond donors (Lipinski definition) is 0. The lowest BCUT2D eigenvalue weighted by Gasteiger charge is -2.12. The van der Waals surface area contributed by atoms with E-state index in [2.05, 4.69) is 4.74 Å². The second kappa shape index (κ2) is 5.56. The summed E-state index contributed by atoms with van der Waals surface area (Å²) in [6.07, 6.45) is -0.273. The molecule has 1 atom stereocenters. The molecule has 0 spiro atoms. The summed E-state index contributed by atoms with van der Waals surface area (Å²) >= 11 is 0. The lowest BCUT2D eigenvalue weighted by atomic mass is 10.1. The molecule has 0 aromatic rings. The van der Waals surface area contributed by atoms with Gasteiger partial charge in [0.05, 0.1) is 13.2 Å². The molecular weight excluding hydrogens is 226 g/mol. The summed E-state index contributed by atoms with van der Waals surface area (Å²) in [6, 6.07) is 0. The summed E-state index contributed by atoms with van der Waals surface area (Å²) in [5.41, 5.74) is 0. The highest BCUT2D eigenvalue weighted by Crippen LogP contribution is 2.18. The van der Waals surface area contributed by atoms with Crippen LogP contribution in [0.4, 0.5) is 0 Å². The lowest BCUT2D eigenvalue weighted by molar-refractivity contribution is -0.149. The van der Waals surface area contributed by atoms with Crippen molar-refractivity contribution in [2.45, 2.75) is 26.7 Å². The molecule has 1 aliphatic heterocycles. The van der Waals surface area contributed by atoms with Crippen molar-refractivity contribution in [1.29, 1.82) is 0 Å². The molecule has 0 radical (unpaired) electrons. The maximum absolute atomic E-state index is 11.5. The highest BCUT2D eigenvalue weighted by molar-refractivity contribution is 6.07. The average Bonchev–Trinajstić information content (AvgIpc) is 2.45. The second-order valence-corrected chi connectivity index (χ2v) is 3.94. The Kier molecular flexibility index (Phi) is 4.37. The predicted octanol–water partition coefficient (Wildman–Crippen LogP) is -0.0963. The van der Waals surface area contributed by atoms with E-state index in [1.807, 2.05) is 0 Å². The SMILES string of the molecule is CCOC(=O)CC(=O)CN1C(=O)CC(C)C1=O. The van der Waals surface area contributed by atoms with Gasteiger partial charge in [0, 0.05) is 12.3 Å². The number of nitrogens with zero attached hydrogens (tertiary/aromatic N) is 1. The van der Waals surface area contributed by atoms with Gasteiger partial charge in [-0.2, -0.15) is 0 Å². The molecule has 6 nitrogen and oxygen atoms in total. The Labute approximate surface area is 98.9 Å². The van der Waals surface area contributed by atoms with Gasteiger partial charge in [-0.25, -0.2) is 0 Å². The molecule has 17 heavy (non-hydrogen) atoms. The van der Waals surface area contributed by atoms with Crippen LogP contribution in [0.25, 0.3) is 0 Å². The monoisotopic (exact) mass is 241 g/mol. The second-order valence-electron chi connectivity index (χ2n) is 3.94. The zero-order chi connectivity index (χ0) is 13.0. The number of hydrogen-bond acceptors (Lipinski definition) is 5. The highest BCUT2D eigenvalue weighted by atomic mass is 16.5. The Hall–Kier alpha value is -1.72. The summed E-state index contributed by atoms with van der Waals surface area (Å²) in [6.45, 7) is 3.14. The third-order valence-electron chi connectivity index (χ3n) is 2.45. The first-order valence-corrected chi connectivity index (χ1v) is 5.47. The first-order chi connectivity index (χ1) is 7.95. The molecule has 1 heterocycles. The molecule has 94 valence electrons. The number of likely N-dealkylation sites (tertiary alicyclic amines) is 1. The number of esters is 1. The van der Waals surface area contributed by atoms with Gasteiger partial charge in [0.15, 0.2) is 5.78 Å². The molecule has 1 saturated heterocycles. The fraction of sp³-hybridized carbons (Fsp3) is 0.636. The fourth-order valence-electron chi connectivity index (χ4n) is 1.62. The number of imide groups is 1. The molecule has 0 aromatic carbocycles. The Morgan fingerprint density at radius 1 is 1.41 bits per heavy atom. The first kappa shape index (κ1) is 13.3. The highest BCUT2D eigenvalue weighted by Gasteiger charge is 2.36. The van der Waals surface area contributed by atoms with Crippen molar-refractivity contribution in [2.24, 2.45) is 5.92 Å². The van der Waals surface area contributed by atoms with Crippen LogP contribution in [0.15, 0.2) is 0 Å². The van der Waals surface area contributed by atoms with Gasteiger partial charge in [-0.3, -0.25) is 24.1 Å². The molecule has 0 aromatic heterocycles. The van der Waals surface area contributed by atoms with Crippen molar-refractivity contribution in [3.63, 3.8) is 0 Å². The zero-order valence-corrected chi connectivity index (χ0v) is 9.89. The van der Waals surface area contributed by atoms with Crippen LogP contribution < -0.4 is 0 Å². The quantitative estimate of drug-likeness (QED) is 0.381. The normalized spacial score (nSPS) is 19.6. The maximum Gasteiger partial charge on any atom is 0.313 e. The number of Topliss-reactive ketones (excluding diaryl/α,β-unsaturated/α-hetero) is 1. The van der Waals surface area contributed by atoms with Crippen molar-refractivity contribution >= 4 is 23.6 Å². The van der Waals surface area contributed by atoms with E-state index in [0.717, 1.165) is 4.90 Å². The van der Waals surface area contributed by atoms with Crippen LogP contribution >= 0.6 is 0 Å². The van der Waals surface area contributed by atoms with Crippen LogP contribution in [0, 0.1) is 5.92 Å². The van der Waals surface area contributed by atoms with E-state index < -0.39 is 18.2 Å². The molecule has 0 saturated carbocycles. The summed E-state index contributed by atoms with van der Waals surface area (Å²) in [4.78, 5) is 46.2. The van der Waals surface area contributed by atoms with Gasteiger partial charge in [-0.1, -0.05) is 6.92 Å². The van der Waals surface area contributed by atoms with E-state index in [1.54, 1.807) is 13.8 Å². The predicted molar refractivity (Wildman–Crippen MR) is 56.8 cm³/mol. The summed E-state index contributed by atoms with van der Waals surface area (Å²) in [5.74, 6) is -2.21. The number of amides is 2. The molecule has 1 unspecified atom stereocenters. The first-order valence-electron chi connectivity index (χ1n) is 5.47. The van der Waals surface area contributed by atoms with Gasteiger partial charge in [0.1, 0.15) is 6.42 Å². The number of ether oxygens (including phenoxy) is 1. The van der Waals surface area contributed by atoms with E-state index in [9.17, 15) is 19.2 Å². The van der Waals surface area contributed by atoms with Gasteiger partial charge >= 0.3 is 5.97 Å². The fourth-order valence-corrected chi connectivity index (χ4v) is 1.62. The Morgan fingerprint density at radius 2 is 2.06 bits per heavy atom. The van der Waals surface area contributed by atoms with Crippen LogP contribution in [0.1, 0.15) is 26.7 Å². The standard InChI is InChI=1S/C11H15NO5/c1-3-17-10(15)5-8(13)6-12-9(14)4-7(2)11(12)16/h7H,3-6H2,1-2H3. The molecule has 1 rings (SSSR count). The number of carbonyl (C=O) groups excluding carboxylic acids is 4.